The number of carbonyl (C=O) groups excluding carboxylic acids is 1. The Labute approximate surface area is 154 Å². The summed E-state index contributed by atoms with van der Waals surface area (Å²) in [4.78, 5) is 17.7. The van der Waals surface area contributed by atoms with Crippen molar-refractivity contribution in [3.8, 4) is 11.3 Å². The lowest BCUT2D eigenvalue weighted by Gasteiger charge is -2.18. The van der Waals surface area contributed by atoms with Crippen molar-refractivity contribution >= 4 is 29.5 Å². The van der Waals surface area contributed by atoms with Gasteiger partial charge >= 0.3 is 0 Å². The van der Waals surface area contributed by atoms with Crippen LogP contribution in [0.3, 0.4) is 0 Å². The predicted octanol–water partition coefficient (Wildman–Crippen LogP) is 5.26. The van der Waals surface area contributed by atoms with Gasteiger partial charge in [0.1, 0.15) is 0 Å². The molecule has 0 bridgehead atoms. The minimum Gasteiger partial charge on any atom is -0.307 e. The number of rotatable bonds is 8. The molecule has 0 aliphatic heterocycles. The van der Waals surface area contributed by atoms with Crippen LogP contribution >= 0.6 is 11.6 Å². The van der Waals surface area contributed by atoms with Crippen molar-refractivity contribution in [2.75, 3.05) is 6.54 Å². The van der Waals surface area contributed by atoms with E-state index in [0.717, 1.165) is 12.1 Å². The number of carbonyl (C=O) groups is 1. The lowest BCUT2D eigenvalue weighted by molar-refractivity contribution is 0.0941. The van der Waals surface area contributed by atoms with Gasteiger partial charge in [0.15, 0.2) is 5.78 Å². The van der Waals surface area contributed by atoms with Crippen LogP contribution in [0.15, 0.2) is 43.5 Å². The maximum Gasteiger partial charge on any atom is 0.180 e. The SMILES string of the molecule is C=Cc1nc(-c2ccc(Cl)cc2)cc(C(=O)C(CC)NCC)c1C=C. The third-order valence-electron chi connectivity index (χ3n) is 4.07. The number of benzene rings is 1. The van der Waals surface area contributed by atoms with E-state index in [2.05, 4.69) is 23.5 Å². The molecule has 0 spiro atoms. The van der Waals surface area contributed by atoms with E-state index < -0.39 is 0 Å². The Balaban J connectivity index is 2.62. The van der Waals surface area contributed by atoms with Gasteiger partial charge in [-0.1, -0.05) is 56.8 Å². The van der Waals surface area contributed by atoms with Crippen LogP contribution in [-0.2, 0) is 0 Å². The maximum absolute atomic E-state index is 13.1. The number of halogens is 1. The number of likely N-dealkylation sites (N-methyl/N-ethyl adjacent to an activating group) is 1. The fourth-order valence-corrected chi connectivity index (χ4v) is 2.90. The largest absolute Gasteiger partial charge is 0.307 e. The van der Waals surface area contributed by atoms with Gasteiger partial charge in [0.2, 0.25) is 0 Å². The summed E-state index contributed by atoms with van der Waals surface area (Å²) in [7, 11) is 0. The number of hydrogen-bond donors (Lipinski definition) is 1. The average molecular weight is 355 g/mol. The Hall–Kier alpha value is -2.23. The van der Waals surface area contributed by atoms with E-state index in [-0.39, 0.29) is 11.8 Å². The van der Waals surface area contributed by atoms with Crippen molar-refractivity contribution in [1.82, 2.24) is 10.3 Å². The third-order valence-corrected chi connectivity index (χ3v) is 4.32. The van der Waals surface area contributed by atoms with Crippen LogP contribution in [-0.4, -0.2) is 23.4 Å². The molecule has 2 aromatic rings. The lowest BCUT2D eigenvalue weighted by atomic mass is 9.94. The predicted molar refractivity (Wildman–Crippen MR) is 107 cm³/mol. The third kappa shape index (κ3) is 4.25. The molecule has 130 valence electrons. The van der Waals surface area contributed by atoms with Crippen LogP contribution in [0.1, 0.15) is 41.9 Å². The van der Waals surface area contributed by atoms with E-state index in [4.69, 9.17) is 11.6 Å². The molecule has 1 aromatic carbocycles. The molecule has 0 saturated carbocycles. The monoisotopic (exact) mass is 354 g/mol. The second-order valence-electron chi connectivity index (χ2n) is 5.65. The van der Waals surface area contributed by atoms with Gasteiger partial charge in [-0.05, 0) is 37.2 Å². The number of hydrogen-bond acceptors (Lipinski definition) is 3. The van der Waals surface area contributed by atoms with Crippen molar-refractivity contribution in [3.63, 3.8) is 0 Å². The topological polar surface area (TPSA) is 42.0 Å². The smallest absolute Gasteiger partial charge is 0.180 e. The lowest BCUT2D eigenvalue weighted by Crippen LogP contribution is -2.36. The number of nitrogens with zero attached hydrogens (tertiary/aromatic N) is 1. The summed E-state index contributed by atoms with van der Waals surface area (Å²) in [6.07, 6.45) is 4.04. The van der Waals surface area contributed by atoms with Crippen LogP contribution in [0.5, 0.6) is 0 Å². The summed E-state index contributed by atoms with van der Waals surface area (Å²) in [6.45, 7) is 12.4. The summed E-state index contributed by atoms with van der Waals surface area (Å²) in [5.41, 5.74) is 3.59. The van der Waals surface area contributed by atoms with Gasteiger partial charge < -0.3 is 5.32 Å². The first-order chi connectivity index (χ1) is 12.0. The van der Waals surface area contributed by atoms with Crippen LogP contribution in [0, 0.1) is 0 Å². The molecule has 1 N–H and O–H groups in total. The molecule has 1 unspecified atom stereocenters. The highest BCUT2D eigenvalue weighted by Crippen LogP contribution is 2.26. The van der Waals surface area contributed by atoms with E-state index >= 15 is 0 Å². The molecule has 0 amide bonds. The zero-order valence-electron chi connectivity index (χ0n) is 14.7. The average Bonchev–Trinajstić information content (AvgIpc) is 2.64. The first kappa shape index (κ1) is 19.1. The van der Waals surface area contributed by atoms with Crippen molar-refractivity contribution in [3.05, 3.63) is 65.3 Å². The van der Waals surface area contributed by atoms with Gasteiger partial charge in [-0.25, -0.2) is 4.98 Å². The van der Waals surface area contributed by atoms with E-state index in [0.29, 0.717) is 34.0 Å². The molecule has 0 aliphatic rings. The van der Waals surface area contributed by atoms with Crippen molar-refractivity contribution in [2.45, 2.75) is 26.3 Å². The van der Waals surface area contributed by atoms with E-state index in [1.54, 1.807) is 12.2 Å². The zero-order valence-corrected chi connectivity index (χ0v) is 15.4. The fraction of sp³-hybridized carbons (Fsp3) is 0.238. The maximum atomic E-state index is 13.1. The van der Waals surface area contributed by atoms with E-state index in [1.165, 1.54) is 0 Å². The molecule has 1 atom stereocenters. The second kappa shape index (κ2) is 8.75. The van der Waals surface area contributed by atoms with E-state index in [1.807, 2.05) is 44.2 Å². The van der Waals surface area contributed by atoms with E-state index in [9.17, 15) is 4.79 Å². The number of Topliss-reactive ketones (excluding diaryl/α,β-unsaturated/α-hetero) is 1. The number of ketones is 1. The molecule has 4 heteroatoms. The van der Waals surface area contributed by atoms with Gasteiger partial charge in [0.25, 0.3) is 0 Å². The van der Waals surface area contributed by atoms with Gasteiger partial charge in [0, 0.05) is 21.7 Å². The number of nitrogens with one attached hydrogen (secondary N) is 1. The summed E-state index contributed by atoms with van der Waals surface area (Å²) < 4.78 is 0. The highest BCUT2D eigenvalue weighted by molar-refractivity contribution is 6.30. The molecule has 0 saturated heterocycles. The first-order valence-corrected chi connectivity index (χ1v) is 8.76. The van der Waals surface area contributed by atoms with Gasteiger partial charge in [-0.15, -0.1) is 0 Å². The minimum atomic E-state index is -0.234. The molecule has 0 fully saturated rings. The second-order valence-corrected chi connectivity index (χ2v) is 6.09. The molecule has 2 rings (SSSR count). The zero-order chi connectivity index (χ0) is 18.4. The summed E-state index contributed by atoms with van der Waals surface area (Å²) >= 11 is 5.97. The van der Waals surface area contributed by atoms with Crippen LogP contribution in [0.4, 0.5) is 0 Å². The quantitative estimate of drug-likeness (QED) is 0.657. The molecule has 0 aliphatic carbocycles. The van der Waals surface area contributed by atoms with Crippen LogP contribution in [0.2, 0.25) is 5.02 Å². The molecular formula is C21H23ClN2O. The minimum absolute atomic E-state index is 0.0416. The molecule has 1 aromatic heterocycles. The molecule has 1 heterocycles. The van der Waals surface area contributed by atoms with Crippen molar-refractivity contribution in [2.24, 2.45) is 0 Å². The Morgan fingerprint density at radius 2 is 1.92 bits per heavy atom. The number of pyridine rings is 1. The van der Waals surface area contributed by atoms with Gasteiger partial charge in [-0.2, -0.15) is 0 Å². The van der Waals surface area contributed by atoms with Crippen LogP contribution < -0.4 is 5.32 Å². The van der Waals surface area contributed by atoms with Gasteiger partial charge in [0.05, 0.1) is 17.4 Å². The Bertz CT molecular complexity index is 781. The Morgan fingerprint density at radius 1 is 1.24 bits per heavy atom. The van der Waals surface area contributed by atoms with Gasteiger partial charge in [-0.3, -0.25) is 4.79 Å². The summed E-state index contributed by atoms with van der Waals surface area (Å²) in [5, 5.41) is 3.90. The highest BCUT2D eigenvalue weighted by atomic mass is 35.5. The fourth-order valence-electron chi connectivity index (χ4n) is 2.77. The van der Waals surface area contributed by atoms with Crippen LogP contribution in [0.25, 0.3) is 23.4 Å². The molecule has 3 nitrogen and oxygen atoms in total. The molecule has 0 radical (unpaired) electrons. The molecule has 25 heavy (non-hydrogen) atoms. The Morgan fingerprint density at radius 3 is 2.44 bits per heavy atom. The Kier molecular flexibility index (Phi) is 6.68. The molecular weight excluding hydrogens is 332 g/mol. The standard InChI is InChI=1S/C21H23ClN2O/c1-5-16-17(21(25)19(7-3)23-8-4)13-20(24-18(16)6-2)14-9-11-15(22)12-10-14/h5-6,9-13,19,23H,1-2,7-8H2,3-4H3. The van der Waals surface area contributed by atoms with Crippen molar-refractivity contribution < 1.29 is 4.79 Å². The highest BCUT2D eigenvalue weighted by Gasteiger charge is 2.22. The normalized spacial score (nSPS) is 11.8. The summed E-state index contributed by atoms with van der Waals surface area (Å²) in [6, 6.07) is 8.99. The first-order valence-electron chi connectivity index (χ1n) is 8.39. The number of aromatic nitrogens is 1. The van der Waals surface area contributed by atoms with Crippen molar-refractivity contribution in [1.29, 1.82) is 0 Å². The summed E-state index contributed by atoms with van der Waals surface area (Å²) in [5.74, 6) is 0.0416.